The van der Waals surface area contributed by atoms with Crippen molar-refractivity contribution < 1.29 is 22.7 Å². The van der Waals surface area contributed by atoms with E-state index in [1.165, 1.54) is 35.3 Å². The summed E-state index contributed by atoms with van der Waals surface area (Å²) in [7, 11) is 0. The minimum Gasteiger partial charge on any atom is -0.406 e. The molecule has 1 N–H and O–H groups in total. The highest BCUT2D eigenvalue weighted by atomic mass is 32.2. The van der Waals surface area contributed by atoms with Crippen molar-refractivity contribution in [2.24, 2.45) is 4.99 Å². The van der Waals surface area contributed by atoms with Crippen LogP contribution in [0.25, 0.3) is 17.1 Å². The van der Waals surface area contributed by atoms with Crippen LogP contribution in [-0.4, -0.2) is 51.2 Å². The number of hydrogen-bond donors (Lipinski definition) is 1. The Morgan fingerprint density at radius 2 is 1.77 bits per heavy atom. The smallest absolute Gasteiger partial charge is 0.406 e. The molecule has 1 fully saturated rings. The number of thioether (sulfide) groups is 1. The van der Waals surface area contributed by atoms with E-state index in [1.54, 1.807) is 11.8 Å². The van der Waals surface area contributed by atoms with E-state index in [1.807, 2.05) is 30.3 Å². The number of amides is 2. The summed E-state index contributed by atoms with van der Waals surface area (Å²) in [6.07, 6.45) is -2.43. The van der Waals surface area contributed by atoms with Crippen molar-refractivity contribution in [2.45, 2.75) is 39.5 Å². The molecule has 4 aromatic rings. The first-order chi connectivity index (χ1) is 20.6. The minimum atomic E-state index is -4.75. The monoisotopic (exact) mass is 608 g/mol. The maximum atomic E-state index is 12.8. The van der Waals surface area contributed by atoms with Crippen LogP contribution in [0.3, 0.4) is 0 Å². The average molecular weight is 609 g/mol. The van der Waals surface area contributed by atoms with E-state index < -0.39 is 6.36 Å². The van der Waals surface area contributed by atoms with E-state index in [4.69, 9.17) is 0 Å². The lowest BCUT2D eigenvalue weighted by Gasteiger charge is -2.22. The Morgan fingerprint density at radius 3 is 2.42 bits per heavy atom. The van der Waals surface area contributed by atoms with E-state index in [9.17, 15) is 18.0 Å². The van der Waals surface area contributed by atoms with Gasteiger partial charge in [0.15, 0.2) is 11.0 Å². The van der Waals surface area contributed by atoms with E-state index in [-0.39, 0.29) is 17.7 Å². The Balaban J connectivity index is 1.21. The van der Waals surface area contributed by atoms with Gasteiger partial charge in [-0.25, -0.2) is 14.5 Å². The van der Waals surface area contributed by atoms with Crippen molar-refractivity contribution in [2.75, 3.05) is 23.7 Å². The summed E-state index contributed by atoms with van der Waals surface area (Å²) in [5.41, 5.74) is 5.81. The number of alkyl halides is 3. The number of amidine groups is 1. The van der Waals surface area contributed by atoms with Crippen LogP contribution in [0.15, 0.2) is 78.0 Å². The van der Waals surface area contributed by atoms with Gasteiger partial charge >= 0.3 is 12.4 Å². The first-order valence-electron chi connectivity index (χ1n) is 13.8. The number of benzene rings is 3. The number of nitrogens with zero attached hydrogens (tertiary/aromatic N) is 5. The Hall–Kier alpha value is -4.32. The zero-order valence-electron chi connectivity index (χ0n) is 23.9. The molecule has 12 heteroatoms. The Kier molecular flexibility index (Phi) is 9.05. The summed E-state index contributed by atoms with van der Waals surface area (Å²) < 4.78 is 42.7. The van der Waals surface area contributed by atoms with Crippen molar-refractivity contribution in [1.29, 1.82) is 0 Å². The van der Waals surface area contributed by atoms with Crippen molar-refractivity contribution >= 4 is 28.6 Å². The fourth-order valence-corrected chi connectivity index (χ4v) is 5.94. The molecule has 1 aliphatic heterocycles. The standard InChI is InChI=1S/C31H31F3N6O2S/c1-4-22(18-35-29(41)37-30-39(16-17-43-30)27-20(2)6-5-7-21(27)3)23-8-10-24(11-9-23)28-36-19-40(38-28)25-12-14-26(15-13-25)42-31(32,33)34/h5-15,19,22H,4,16-18H2,1-3H3,(H,35,41)/b37-30-. The van der Waals surface area contributed by atoms with E-state index in [2.05, 4.69) is 62.9 Å². The van der Waals surface area contributed by atoms with Crippen LogP contribution in [0.1, 0.15) is 36.0 Å². The van der Waals surface area contributed by atoms with Gasteiger partial charge in [-0.2, -0.15) is 4.99 Å². The number of nitrogens with one attached hydrogen (secondary N) is 1. The number of hydrogen-bond acceptors (Lipinski definition) is 5. The number of ether oxygens (including phenoxy) is 1. The van der Waals surface area contributed by atoms with Crippen LogP contribution in [0.2, 0.25) is 0 Å². The molecule has 2 amide bonds. The maximum absolute atomic E-state index is 12.8. The van der Waals surface area contributed by atoms with Crippen LogP contribution < -0.4 is 15.0 Å². The molecule has 0 radical (unpaired) electrons. The summed E-state index contributed by atoms with van der Waals surface area (Å²) in [6.45, 7) is 7.46. The summed E-state index contributed by atoms with van der Waals surface area (Å²) in [4.78, 5) is 23.7. The molecule has 0 aliphatic carbocycles. The van der Waals surface area contributed by atoms with Crippen LogP contribution in [0.4, 0.5) is 23.7 Å². The second-order valence-electron chi connectivity index (χ2n) is 10.1. The lowest BCUT2D eigenvalue weighted by atomic mass is 9.95. The molecule has 0 saturated carbocycles. The Bertz CT molecular complexity index is 1580. The van der Waals surface area contributed by atoms with Crippen molar-refractivity contribution in [3.63, 3.8) is 0 Å². The van der Waals surface area contributed by atoms with Gasteiger partial charge in [0, 0.05) is 36.0 Å². The van der Waals surface area contributed by atoms with Gasteiger partial charge in [0.1, 0.15) is 12.1 Å². The zero-order chi connectivity index (χ0) is 30.6. The highest BCUT2D eigenvalue weighted by Gasteiger charge is 2.31. The molecule has 3 aromatic carbocycles. The Morgan fingerprint density at radius 1 is 1.07 bits per heavy atom. The molecule has 1 unspecified atom stereocenters. The molecule has 8 nitrogen and oxygen atoms in total. The number of aryl methyl sites for hydroxylation is 2. The molecule has 1 aliphatic rings. The normalized spacial score (nSPS) is 15.1. The molecule has 1 saturated heterocycles. The molecular weight excluding hydrogens is 577 g/mol. The van der Waals surface area contributed by atoms with Gasteiger partial charge in [0.25, 0.3) is 0 Å². The second kappa shape index (κ2) is 12.9. The number of carbonyl (C=O) groups is 1. The first kappa shape index (κ1) is 30.1. The Labute approximate surface area is 252 Å². The predicted octanol–water partition coefficient (Wildman–Crippen LogP) is 7.26. The molecule has 224 valence electrons. The SMILES string of the molecule is CCC(CNC(=O)/N=C1\SCCN1c1c(C)cccc1C)c1ccc(-c2ncn(-c3ccc(OC(F)(F)F)cc3)n2)cc1. The molecule has 1 atom stereocenters. The quantitative estimate of drug-likeness (QED) is 0.227. The maximum Gasteiger partial charge on any atom is 0.573 e. The third-order valence-corrected chi connectivity index (χ3v) is 8.10. The van der Waals surface area contributed by atoms with E-state index in [0.717, 1.165) is 46.7 Å². The number of carbonyl (C=O) groups excluding carboxylic acids is 1. The van der Waals surface area contributed by atoms with Gasteiger partial charge in [0.05, 0.1) is 5.69 Å². The number of rotatable bonds is 8. The molecule has 0 spiro atoms. The molecular formula is C31H31F3N6O2S. The van der Waals surface area contributed by atoms with Gasteiger partial charge in [-0.05, 0) is 61.2 Å². The zero-order valence-corrected chi connectivity index (χ0v) is 24.7. The fraction of sp³-hybridized carbons (Fsp3) is 0.290. The second-order valence-corrected chi connectivity index (χ2v) is 11.2. The number of aromatic nitrogens is 3. The van der Waals surface area contributed by atoms with Crippen molar-refractivity contribution in [3.8, 4) is 22.8 Å². The number of aliphatic imine (C=N–C) groups is 1. The molecule has 2 heterocycles. The fourth-order valence-electron chi connectivity index (χ4n) is 4.99. The van der Waals surface area contributed by atoms with Crippen LogP contribution in [-0.2, 0) is 0 Å². The number of anilines is 1. The topological polar surface area (TPSA) is 84.6 Å². The van der Waals surface area contributed by atoms with E-state index >= 15 is 0 Å². The van der Waals surface area contributed by atoms with Gasteiger partial charge in [-0.3, -0.25) is 0 Å². The number of para-hydroxylation sites is 1. The highest BCUT2D eigenvalue weighted by Crippen LogP contribution is 2.31. The number of halogens is 3. The first-order valence-corrected chi connectivity index (χ1v) is 14.8. The molecule has 1 aromatic heterocycles. The molecule has 0 bridgehead atoms. The van der Waals surface area contributed by atoms with E-state index in [0.29, 0.717) is 23.2 Å². The third kappa shape index (κ3) is 7.37. The van der Waals surface area contributed by atoms with Crippen LogP contribution >= 0.6 is 11.8 Å². The third-order valence-electron chi connectivity index (χ3n) is 7.14. The lowest BCUT2D eigenvalue weighted by molar-refractivity contribution is -0.274. The summed E-state index contributed by atoms with van der Waals surface area (Å²) in [5.74, 6) is 1.13. The van der Waals surface area contributed by atoms with Gasteiger partial charge < -0.3 is 15.0 Å². The van der Waals surface area contributed by atoms with Crippen LogP contribution in [0.5, 0.6) is 5.75 Å². The van der Waals surface area contributed by atoms with Crippen molar-refractivity contribution in [3.05, 3.63) is 89.7 Å². The van der Waals surface area contributed by atoms with Crippen LogP contribution in [0, 0.1) is 13.8 Å². The molecule has 43 heavy (non-hydrogen) atoms. The summed E-state index contributed by atoms with van der Waals surface area (Å²) in [5, 5.41) is 8.15. The van der Waals surface area contributed by atoms with Gasteiger partial charge in [-0.1, -0.05) is 61.2 Å². The van der Waals surface area contributed by atoms with Gasteiger partial charge in [-0.15, -0.1) is 18.3 Å². The highest BCUT2D eigenvalue weighted by molar-refractivity contribution is 8.14. The van der Waals surface area contributed by atoms with Crippen molar-refractivity contribution in [1.82, 2.24) is 20.1 Å². The average Bonchev–Trinajstić information content (AvgIpc) is 3.64. The minimum absolute atomic E-state index is 0.0899. The van der Waals surface area contributed by atoms with Gasteiger partial charge in [0.2, 0.25) is 0 Å². The summed E-state index contributed by atoms with van der Waals surface area (Å²) in [6, 6.07) is 19.0. The largest absolute Gasteiger partial charge is 0.573 e. The molecule has 5 rings (SSSR count). The summed E-state index contributed by atoms with van der Waals surface area (Å²) >= 11 is 1.58. The number of urea groups is 1. The lowest BCUT2D eigenvalue weighted by Crippen LogP contribution is -2.30. The predicted molar refractivity (Wildman–Crippen MR) is 163 cm³/mol.